The van der Waals surface area contributed by atoms with E-state index in [-0.39, 0.29) is 25.4 Å². The molecule has 0 atom stereocenters. The van der Waals surface area contributed by atoms with E-state index in [1.165, 1.54) is 0 Å². The fraction of sp³-hybridized carbons (Fsp3) is 0.632. The largest absolute Gasteiger partial charge is 0.494 e. The fourth-order valence-corrected chi connectivity index (χ4v) is 4.23. The molecule has 156 valence electrons. The van der Waals surface area contributed by atoms with E-state index in [1.807, 2.05) is 46.8 Å². The van der Waals surface area contributed by atoms with Crippen molar-refractivity contribution in [2.24, 2.45) is 0 Å². The third-order valence-corrected chi connectivity index (χ3v) is 6.95. The van der Waals surface area contributed by atoms with E-state index in [0.29, 0.717) is 5.56 Å². The van der Waals surface area contributed by atoms with Gasteiger partial charge in [-0.15, -0.1) is 0 Å². The lowest BCUT2D eigenvalue weighted by atomic mass is 9.78. The van der Waals surface area contributed by atoms with E-state index >= 15 is 0 Å². The Balaban J connectivity index is 2.10. The maximum absolute atomic E-state index is 12.6. The van der Waals surface area contributed by atoms with Crippen LogP contribution in [-0.2, 0) is 22.9 Å². The molecule has 0 saturated carbocycles. The first kappa shape index (κ1) is 23.1. The fourth-order valence-electron chi connectivity index (χ4n) is 2.85. The molecule has 0 radical (unpaired) electrons. The van der Waals surface area contributed by atoms with Crippen LogP contribution < -0.4 is 10.8 Å². The van der Waals surface area contributed by atoms with E-state index in [9.17, 15) is 9.36 Å². The number of aryl methyl sites for hydroxylation is 1. The Kier molecular flexibility index (Phi) is 7.16. The average Bonchev–Trinajstić information content (AvgIpc) is 2.81. The summed E-state index contributed by atoms with van der Waals surface area (Å²) in [4.78, 5) is 12.6. The monoisotopic (exact) mass is 411 g/mol. The summed E-state index contributed by atoms with van der Waals surface area (Å²) >= 11 is 0. The molecule has 2 rings (SSSR count). The number of amides is 1. The number of benzene rings is 1. The van der Waals surface area contributed by atoms with E-state index in [4.69, 9.17) is 18.4 Å². The Labute approximate surface area is 168 Å². The number of carbonyl (C=O) groups excluding carboxylic acids is 1. The molecule has 0 unspecified atom stereocenters. The third-order valence-electron chi connectivity index (χ3n) is 5.11. The highest BCUT2D eigenvalue weighted by Gasteiger charge is 2.51. The van der Waals surface area contributed by atoms with Crippen molar-refractivity contribution in [1.82, 2.24) is 5.32 Å². The molecule has 9 heteroatoms. The number of hydrogen-bond acceptors (Lipinski definition) is 6. The van der Waals surface area contributed by atoms with Gasteiger partial charge in [-0.05, 0) is 65.6 Å². The molecule has 1 aliphatic heterocycles. The van der Waals surface area contributed by atoms with Crippen molar-refractivity contribution in [1.29, 1.82) is 0 Å². The molecule has 7 nitrogen and oxygen atoms in total. The summed E-state index contributed by atoms with van der Waals surface area (Å²) in [6.45, 7) is 13.8. The Morgan fingerprint density at radius 3 is 2.11 bits per heavy atom. The van der Waals surface area contributed by atoms with Crippen LogP contribution in [0.4, 0.5) is 0 Å². The van der Waals surface area contributed by atoms with Gasteiger partial charge in [-0.2, -0.15) is 0 Å². The highest BCUT2D eigenvalue weighted by atomic mass is 31.2. The Morgan fingerprint density at radius 1 is 1.11 bits per heavy atom. The van der Waals surface area contributed by atoms with Gasteiger partial charge in [-0.1, -0.05) is 12.1 Å². The van der Waals surface area contributed by atoms with Crippen LogP contribution in [0.15, 0.2) is 18.2 Å². The molecule has 1 aromatic rings. The molecule has 1 heterocycles. The second-order valence-corrected chi connectivity index (χ2v) is 9.83. The van der Waals surface area contributed by atoms with Gasteiger partial charge in [0.2, 0.25) is 0 Å². The second-order valence-electron chi connectivity index (χ2n) is 7.77. The second kappa shape index (κ2) is 8.68. The van der Waals surface area contributed by atoms with Crippen molar-refractivity contribution in [2.45, 2.75) is 59.7 Å². The van der Waals surface area contributed by atoms with Gasteiger partial charge in [0.15, 0.2) is 0 Å². The number of carbonyl (C=O) groups is 1. The maximum Gasteiger partial charge on any atom is 0.494 e. The minimum atomic E-state index is -3.34. The van der Waals surface area contributed by atoms with Crippen molar-refractivity contribution in [2.75, 3.05) is 19.5 Å². The standard InChI is InChI=1S/C19H31BNO6P/c1-8-24-28(23,25-9-2)13-21-17(22)16-11-10-15(12-14(16)3)20-26-18(4,5)19(6,7)27-20/h10-12H,8-9,13H2,1-7H3,(H,21,22). The Morgan fingerprint density at radius 2 is 1.64 bits per heavy atom. The first-order valence-electron chi connectivity index (χ1n) is 9.57. The van der Waals surface area contributed by atoms with E-state index in [0.717, 1.165) is 11.0 Å². The zero-order valence-electron chi connectivity index (χ0n) is 17.8. The topological polar surface area (TPSA) is 83.1 Å². The van der Waals surface area contributed by atoms with E-state index in [2.05, 4.69) is 5.32 Å². The van der Waals surface area contributed by atoms with Gasteiger partial charge in [-0.3, -0.25) is 9.36 Å². The SMILES string of the molecule is CCOP(=O)(CNC(=O)c1ccc(B2OC(C)(C)C(C)(C)O2)cc1C)OCC. The van der Waals surface area contributed by atoms with E-state index in [1.54, 1.807) is 19.9 Å². The molecule has 28 heavy (non-hydrogen) atoms. The predicted molar refractivity (Wildman–Crippen MR) is 110 cm³/mol. The predicted octanol–water partition coefficient (Wildman–Crippen LogP) is 3.25. The minimum Gasteiger partial charge on any atom is -0.399 e. The molecule has 0 spiro atoms. The Bertz CT molecular complexity index is 741. The lowest BCUT2D eigenvalue weighted by Crippen LogP contribution is -2.41. The van der Waals surface area contributed by atoms with Crippen LogP contribution in [-0.4, -0.2) is 43.7 Å². The van der Waals surface area contributed by atoms with Gasteiger partial charge in [0.05, 0.1) is 24.4 Å². The van der Waals surface area contributed by atoms with Gasteiger partial charge in [0.1, 0.15) is 6.29 Å². The summed E-state index contributed by atoms with van der Waals surface area (Å²) in [5.41, 5.74) is 1.25. The van der Waals surface area contributed by atoms with Crippen molar-refractivity contribution in [3.63, 3.8) is 0 Å². The van der Waals surface area contributed by atoms with Gasteiger partial charge in [0, 0.05) is 5.56 Å². The minimum absolute atomic E-state index is 0.175. The lowest BCUT2D eigenvalue weighted by molar-refractivity contribution is 0.00578. The molecule has 0 aromatic heterocycles. The van der Waals surface area contributed by atoms with Crippen LogP contribution in [0.3, 0.4) is 0 Å². The molecular weight excluding hydrogens is 380 g/mol. The highest BCUT2D eigenvalue weighted by molar-refractivity contribution is 7.53. The van der Waals surface area contributed by atoms with Crippen LogP contribution in [0.5, 0.6) is 0 Å². The highest BCUT2D eigenvalue weighted by Crippen LogP contribution is 2.46. The summed E-state index contributed by atoms with van der Waals surface area (Å²) in [5, 5.41) is 2.65. The quantitative estimate of drug-likeness (QED) is 0.523. The normalized spacial score (nSPS) is 18.3. The molecule has 1 N–H and O–H groups in total. The molecular formula is C19H31BNO6P. The Hall–Kier alpha value is -1.18. The summed E-state index contributed by atoms with van der Waals surface area (Å²) in [6.07, 6.45) is -0.175. The molecule has 1 saturated heterocycles. The molecule has 0 aliphatic carbocycles. The third kappa shape index (κ3) is 5.05. The van der Waals surface area contributed by atoms with Crippen LogP contribution in [0, 0.1) is 6.92 Å². The van der Waals surface area contributed by atoms with Crippen molar-refractivity contribution < 1.29 is 27.7 Å². The summed E-state index contributed by atoms with van der Waals surface area (Å²) < 4.78 is 35.0. The molecule has 1 aliphatic rings. The van der Waals surface area contributed by atoms with Gasteiger partial charge in [0.25, 0.3) is 5.91 Å². The molecule has 0 bridgehead atoms. The number of hydrogen-bond donors (Lipinski definition) is 1. The first-order valence-corrected chi connectivity index (χ1v) is 11.3. The van der Waals surface area contributed by atoms with E-state index < -0.39 is 25.9 Å². The zero-order valence-corrected chi connectivity index (χ0v) is 18.7. The maximum atomic E-state index is 12.6. The van der Waals surface area contributed by atoms with Gasteiger partial charge < -0.3 is 23.7 Å². The van der Waals surface area contributed by atoms with Crippen LogP contribution in [0.2, 0.25) is 0 Å². The van der Waals surface area contributed by atoms with Gasteiger partial charge in [-0.25, -0.2) is 0 Å². The number of nitrogens with one attached hydrogen (secondary N) is 1. The molecule has 1 amide bonds. The zero-order chi connectivity index (χ0) is 21.2. The molecule has 1 fully saturated rings. The first-order chi connectivity index (χ1) is 12.9. The smallest absolute Gasteiger partial charge is 0.399 e. The summed E-state index contributed by atoms with van der Waals surface area (Å²) in [7, 11) is -3.83. The van der Waals surface area contributed by atoms with Crippen LogP contribution in [0.25, 0.3) is 0 Å². The van der Waals surface area contributed by atoms with Crippen molar-refractivity contribution in [3.05, 3.63) is 29.3 Å². The summed E-state index contributed by atoms with van der Waals surface area (Å²) in [6, 6.07) is 5.41. The van der Waals surface area contributed by atoms with Gasteiger partial charge >= 0.3 is 14.7 Å². The van der Waals surface area contributed by atoms with Crippen LogP contribution >= 0.6 is 7.60 Å². The number of rotatable bonds is 8. The van der Waals surface area contributed by atoms with Crippen LogP contribution in [0.1, 0.15) is 57.5 Å². The van der Waals surface area contributed by atoms with Crippen molar-refractivity contribution >= 4 is 26.1 Å². The lowest BCUT2D eigenvalue weighted by Gasteiger charge is -2.32. The molecule has 1 aromatic carbocycles. The van der Waals surface area contributed by atoms with Crippen molar-refractivity contribution in [3.8, 4) is 0 Å². The average molecular weight is 411 g/mol. The summed E-state index contributed by atoms with van der Waals surface area (Å²) in [5.74, 6) is -0.336.